The van der Waals surface area contributed by atoms with Crippen LogP contribution >= 0.6 is 0 Å². The Kier molecular flexibility index (Phi) is 4.83. The first-order valence-corrected chi connectivity index (χ1v) is 9.88. The Morgan fingerprint density at radius 3 is 2.84 bits per heavy atom. The lowest BCUT2D eigenvalue weighted by atomic mass is 9.79. The summed E-state index contributed by atoms with van der Waals surface area (Å²) in [6.07, 6.45) is 5.35. The highest BCUT2D eigenvalue weighted by atomic mass is 16.3. The van der Waals surface area contributed by atoms with Crippen molar-refractivity contribution in [3.8, 4) is 0 Å². The van der Waals surface area contributed by atoms with Crippen LogP contribution in [0, 0.1) is 17.3 Å². The zero-order chi connectivity index (χ0) is 17.3. The molecule has 136 valence electrons. The molecule has 1 saturated carbocycles. The number of hydrogen-bond acceptors (Lipinski definition) is 3. The maximum atomic E-state index is 13.4. The number of amides is 1. The average Bonchev–Trinajstić information content (AvgIpc) is 3.30. The molecule has 25 heavy (non-hydrogen) atoms. The van der Waals surface area contributed by atoms with Gasteiger partial charge in [-0.1, -0.05) is 36.8 Å². The van der Waals surface area contributed by atoms with E-state index in [1.54, 1.807) is 0 Å². The average molecular weight is 342 g/mol. The van der Waals surface area contributed by atoms with Gasteiger partial charge in [0, 0.05) is 39.3 Å². The molecule has 1 aromatic rings. The minimum Gasteiger partial charge on any atom is -0.396 e. The standard InChI is InChI=1S/C21H30N2O2/c24-12-9-18-8-11-23(14-18)20(25)21-10-4-7-19(21)15-22(16-21)13-17-5-2-1-3-6-17/h1-3,5-6,18-19,24H,4,7-16H2/t18?,19-,21-/m0/s1. The van der Waals surface area contributed by atoms with E-state index in [1.807, 2.05) is 0 Å². The summed E-state index contributed by atoms with van der Waals surface area (Å²) in [4.78, 5) is 18.0. The molecule has 0 aromatic heterocycles. The minimum atomic E-state index is -0.136. The van der Waals surface area contributed by atoms with Gasteiger partial charge in [-0.25, -0.2) is 0 Å². The van der Waals surface area contributed by atoms with Crippen LogP contribution in [0.25, 0.3) is 0 Å². The van der Waals surface area contributed by atoms with Crippen LogP contribution in [0.15, 0.2) is 30.3 Å². The molecule has 4 rings (SSSR count). The maximum absolute atomic E-state index is 13.4. The van der Waals surface area contributed by atoms with E-state index in [1.165, 1.54) is 18.4 Å². The molecule has 2 saturated heterocycles. The molecule has 3 atom stereocenters. The summed E-state index contributed by atoms with van der Waals surface area (Å²) in [6, 6.07) is 10.6. The molecule has 0 bridgehead atoms. The fourth-order valence-corrected chi connectivity index (χ4v) is 5.46. The van der Waals surface area contributed by atoms with E-state index in [0.717, 1.165) is 52.0 Å². The van der Waals surface area contributed by atoms with Crippen LogP contribution in [-0.4, -0.2) is 53.6 Å². The van der Waals surface area contributed by atoms with Crippen LogP contribution in [0.5, 0.6) is 0 Å². The van der Waals surface area contributed by atoms with Gasteiger partial charge < -0.3 is 10.0 Å². The first-order valence-electron chi connectivity index (χ1n) is 9.88. The van der Waals surface area contributed by atoms with Gasteiger partial charge in [0.1, 0.15) is 0 Å². The van der Waals surface area contributed by atoms with Gasteiger partial charge in [0.15, 0.2) is 0 Å². The second-order valence-corrected chi connectivity index (χ2v) is 8.32. The molecule has 1 aromatic carbocycles. The fourth-order valence-electron chi connectivity index (χ4n) is 5.46. The van der Waals surface area contributed by atoms with Gasteiger partial charge in [0.25, 0.3) is 0 Å². The number of aliphatic hydroxyl groups excluding tert-OH is 1. The van der Waals surface area contributed by atoms with Crippen LogP contribution in [0.3, 0.4) is 0 Å². The quantitative estimate of drug-likeness (QED) is 0.894. The van der Waals surface area contributed by atoms with Crippen molar-refractivity contribution in [2.75, 3.05) is 32.8 Å². The predicted octanol–water partition coefficient (Wildman–Crippen LogP) is 2.52. The summed E-state index contributed by atoms with van der Waals surface area (Å²) < 4.78 is 0. The van der Waals surface area contributed by atoms with Gasteiger partial charge >= 0.3 is 0 Å². The number of carbonyl (C=O) groups is 1. The van der Waals surface area contributed by atoms with E-state index in [4.69, 9.17) is 0 Å². The summed E-state index contributed by atoms with van der Waals surface area (Å²) in [6.45, 7) is 4.93. The normalized spacial score (nSPS) is 32.3. The SMILES string of the molecule is O=C(N1CCC(CCO)C1)[C@]12CCC[C@H]1CN(Cc1ccccc1)C2. The first kappa shape index (κ1) is 17.0. The predicted molar refractivity (Wildman–Crippen MR) is 97.9 cm³/mol. The van der Waals surface area contributed by atoms with Crippen molar-refractivity contribution in [2.24, 2.45) is 17.3 Å². The molecule has 1 amide bonds. The van der Waals surface area contributed by atoms with Crippen molar-refractivity contribution >= 4 is 5.91 Å². The largest absolute Gasteiger partial charge is 0.396 e. The third kappa shape index (κ3) is 3.22. The van der Waals surface area contributed by atoms with Crippen molar-refractivity contribution in [3.63, 3.8) is 0 Å². The topological polar surface area (TPSA) is 43.8 Å². The van der Waals surface area contributed by atoms with E-state index in [-0.39, 0.29) is 12.0 Å². The zero-order valence-electron chi connectivity index (χ0n) is 15.1. The number of benzene rings is 1. The Bertz CT molecular complexity index is 605. The second-order valence-electron chi connectivity index (χ2n) is 8.32. The third-order valence-corrected chi connectivity index (χ3v) is 6.73. The van der Waals surface area contributed by atoms with E-state index < -0.39 is 0 Å². The van der Waals surface area contributed by atoms with Gasteiger partial charge in [-0.05, 0) is 43.1 Å². The molecule has 2 heterocycles. The van der Waals surface area contributed by atoms with Crippen LogP contribution in [-0.2, 0) is 11.3 Å². The van der Waals surface area contributed by atoms with E-state index in [2.05, 4.69) is 40.1 Å². The van der Waals surface area contributed by atoms with Gasteiger partial charge in [-0.3, -0.25) is 9.69 Å². The summed E-state index contributed by atoms with van der Waals surface area (Å²) in [5, 5.41) is 9.18. The molecule has 4 nitrogen and oxygen atoms in total. The molecule has 1 aliphatic carbocycles. The molecular weight excluding hydrogens is 312 g/mol. The molecular formula is C21H30N2O2. The number of nitrogens with zero attached hydrogens (tertiary/aromatic N) is 2. The summed E-state index contributed by atoms with van der Waals surface area (Å²) >= 11 is 0. The van der Waals surface area contributed by atoms with Gasteiger partial charge in [-0.2, -0.15) is 0 Å². The number of fused-ring (bicyclic) bond motifs is 1. The molecule has 0 spiro atoms. The summed E-state index contributed by atoms with van der Waals surface area (Å²) in [5.41, 5.74) is 1.21. The third-order valence-electron chi connectivity index (χ3n) is 6.73. The number of aliphatic hydroxyl groups is 1. The molecule has 3 fully saturated rings. The Balaban J connectivity index is 1.45. The van der Waals surface area contributed by atoms with E-state index in [0.29, 0.717) is 17.7 Å². The minimum absolute atomic E-state index is 0.136. The lowest BCUT2D eigenvalue weighted by Gasteiger charge is -2.32. The Morgan fingerprint density at radius 2 is 2.04 bits per heavy atom. The monoisotopic (exact) mass is 342 g/mol. The second kappa shape index (κ2) is 7.08. The molecule has 1 unspecified atom stereocenters. The van der Waals surface area contributed by atoms with Gasteiger partial charge in [0.05, 0.1) is 5.41 Å². The zero-order valence-corrected chi connectivity index (χ0v) is 15.1. The number of hydrogen-bond donors (Lipinski definition) is 1. The fraction of sp³-hybridized carbons (Fsp3) is 0.667. The molecule has 3 aliphatic rings. The Morgan fingerprint density at radius 1 is 1.20 bits per heavy atom. The van der Waals surface area contributed by atoms with Gasteiger partial charge in [-0.15, -0.1) is 0 Å². The Hall–Kier alpha value is -1.39. The first-order chi connectivity index (χ1) is 12.2. The van der Waals surface area contributed by atoms with Crippen molar-refractivity contribution < 1.29 is 9.90 Å². The maximum Gasteiger partial charge on any atom is 0.230 e. The van der Waals surface area contributed by atoms with Crippen LogP contribution in [0.2, 0.25) is 0 Å². The van der Waals surface area contributed by atoms with Crippen molar-refractivity contribution in [1.82, 2.24) is 9.80 Å². The molecule has 1 N–H and O–H groups in total. The van der Waals surface area contributed by atoms with Crippen molar-refractivity contribution in [1.29, 1.82) is 0 Å². The highest BCUT2D eigenvalue weighted by molar-refractivity contribution is 5.84. The highest BCUT2D eigenvalue weighted by Crippen LogP contribution is 2.50. The van der Waals surface area contributed by atoms with Crippen LogP contribution < -0.4 is 0 Å². The molecule has 0 radical (unpaired) electrons. The summed E-state index contributed by atoms with van der Waals surface area (Å²) in [5.74, 6) is 1.43. The van der Waals surface area contributed by atoms with E-state index in [9.17, 15) is 9.90 Å². The van der Waals surface area contributed by atoms with Gasteiger partial charge in [0.2, 0.25) is 5.91 Å². The lowest BCUT2D eigenvalue weighted by molar-refractivity contribution is -0.141. The summed E-state index contributed by atoms with van der Waals surface area (Å²) in [7, 11) is 0. The number of carbonyl (C=O) groups excluding carboxylic acids is 1. The number of likely N-dealkylation sites (tertiary alicyclic amines) is 2. The number of rotatable bonds is 5. The Labute approximate surface area is 150 Å². The lowest BCUT2D eigenvalue weighted by Crippen LogP contribution is -2.46. The highest BCUT2D eigenvalue weighted by Gasteiger charge is 2.55. The molecule has 2 aliphatic heterocycles. The van der Waals surface area contributed by atoms with Crippen LogP contribution in [0.4, 0.5) is 0 Å². The van der Waals surface area contributed by atoms with Crippen molar-refractivity contribution in [2.45, 2.75) is 38.6 Å². The van der Waals surface area contributed by atoms with Crippen molar-refractivity contribution in [3.05, 3.63) is 35.9 Å². The van der Waals surface area contributed by atoms with Crippen LogP contribution in [0.1, 0.15) is 37.7 Å². The molecule has 4 heteroatoms. The van der Waals surface area contributed by atoms with E-state index >= 15 is 0 Å². The smallest absolute Gasteiger partial charge is 0.230 e.